The third kappa shape index (κ3) is 5.62. The van der Waals surface area contributed by atoms with E-state index in [1.54, 1.807) is 7.11 Å². The second-order valence-corrected chi connectivity index (χ2v) is 4.91. The van der Waals surface area contributed by atoms with Crippen molar-refractivity contribution in [2.24, 2.45) is 5.92 Å². The summed E-state index contributed by atoms with van der Waals surface area (Å²) < 4.78 is 10.8. The summed E-state index contributed by atoms with van der Waals surface area (Å²) in [6.07, 6.45) is 1.07. The lowest BCUT2D eigenvalue weighted by Crippen LogP contribution is -2.24. The Balaban J connectivity index is 2.76. The molecule has 19 heavy (non-hydrogen) atoms. The van der Waals surface area contributed by atoms with E-state index in [0.717, 1.165) is 25.3 Å². The van der Waals surface area contributed by atoms with Gasteiger partial charge in [0, 0.05) is 19.8 Å². The van der Waals surface area contributed by atoms with E-state index in [1.165, 1.54) is 5.56 Å². The van der Waals surface area contributed by atoms with E-state index in [9.17, 15) is 0 Å². The van der Waals surface area contributed by atoms with Gasteiger partial charge < -0.3 is 14.8 Å². The van der Waals surface area contributed by atoms with Crippen LogP contribution in [0.4, 0.5) is 0 Å². The van der Waals surface area contributed by atoms with E-state index in [2.05, 4.69) is 37.4 Å². The van der Waals surface area contributed by atoms with Crippen LogP contribution < -0.4 is 10.1 Å². The van der Waals surface area contributed by atoms with Gasteiger partial charge in [-0.1, -0.05) is 26.0 Å². The lowest BCUT2D eigenvalue weighted by molar-refractivity contribution is 0.149. The largest absolute Gasteiger partial charge is 0.494 e. The van der Waals surface area contributed by atoms with E-state index < -0.39 is 0 Å². The van der Waals surface area contributed by atoms with Crippen LogP contribution in [0.2, 0.25) is 0 Å². The molecule has 2 atom stereocenters. The summed E-state index contributed by atoms with van der Waals surface area (Å²) >= 11 is 0. The molecule has 108 valence electrons. The predicted octanol–water partition coefficient (Wildman–Crippen LogP) is 3.41. The van der Waals surface area contributed by atoms with Gasteiger partial charge in [-0.2, -0.15) is 0 Å². The minimum absolute atomic E-state index is 0.357. The summed E-state index contributed by atoms with van der Waals surface area (Å²) in [7, 11) is 1.76. The molecular weight excluding hydrogens is 238 g/mol. The van der Waals surface area contributed by atoms with Gasteiger partial charge in [-0.3, -0.25) is 0 Å². The van der Waals surface area contributed by atoms with Crippen LogP contribution in [-0.4, -0.2) is 26.9 Å². The molecule has 1 aromatic rings. The van der Waals surface area contributed by atoms with Crippen LogP contribution in [0.15, 0.2) is 24.3 Å². The number of hydrogen-bond acceptors (Lipinski definition) is 3. The first kappa shape index (κ1) is 16.0. The fraction of sp³-hybridized carbons (Fsp3) is 0.625. The minimum atomic E-state index is 0.357. The van der Waals surface area contributed by atoms with Crippen LogP contribution in [0.3, 0.4) is 0 Å². The van der Waals surface area contributed by atoms with Crippen molar-refractivity contribution in [1.82, 2.24) is 5.32 Å². The summed E-state index contributed by atoms with van der Waals surface area (Å²) in [6, 6.07) is 8.72. The first-order valence-corrected chi connectivity index (χ1v) is 7.16. The number of hydrogen-bond donors (Lipinski definition) is 1. The van der Waals surface area contributed by atoms with E-state index in [0.29, 0.717) is 18.6 Å². The Labute approximate surface area is 117 Å². The zero-order valence-electron chi connectivity index (χ0n) is 12.6. The molecule has 3 heteroatoms. The predicted molar refractivity (Wildman–Crippen MR) is 79.7 cm³/mol. The first-order valence-electron chi connectivity index (χ1n) is 7.16. The molecule has 0 saturated heterocycles. The van der Waals surface area contributed by atoms with Gasteiger partial charge in [0.2, 0.25) is 0 Å². The standard InChI is InChI=1S/C16H27NO2/c1-5-17-16(10-13(3)12-18-4)14-8-7-9-15(11-14)19-6-2/h7-9,11,13,16-17H,5-6,10,12H2,1-4H3. The fourth-order valence-electron chi connectivity index (χ4n) is 2.33. The van der Waals surface area contributed by atoms with Crippen LogP contribution in [0.1, 0.15) is 38.8 Å². The molecule has 0 spiro atoms. The topological polar surface area (TPSA) is 30.5 Å². The number of methoxy groups -OCH3 is 1. The van der Waals surface area contributed by atoms with Gasteiger partial charge in [-0.25, -0.2) is 0 Å². The third-order valence-corrected chi connectivity index (χ3v) is 3.11. The number of benzene rings is 1. The highest BCUT2D eigenvalue weighted by Gasteiger charge is 2.15. The maximum Gasteiger partial charge on any atom is 0.119 e. The molecule has 0 fully saturated rings. The second kappa shape index (κ2) is 8.94. The normalized spacial score (nSPS) is 14.1. The fourth-order valence-corrected chi connectivity index (χ4v) is 2.33. The Morgan fingerprint density at radius 3 is 2.68 bits per heavy atom. The van der Waals surface area contributed by atoms with Crippen molar-refractivity contribution in [3.8, 4) is 5.75 Å². The molecule has 0 aliphatic heterocycles. The molecule has 0 saturated carbocycles. The molecule has 0 aliphatic rings. The van der Waals surface area contributed by atoms with Crippen molar-refractivity contribution >= 4 is 0 Å². The van der Waals surface area contributed by atoms with Crippen LogP contribution in [0.25, 0.3) is 0 Å². The molecule has 1 rings (SSSR count). The van der Waals surface area contributed by atoms with Crippen LogP contribution >= 0.6 is 0 Å². The van der Waals surface area contributed by atoms with Crippen LogP contribution in [-0.2, 0) is 4.74 Å². The highest BCUT2D eigenvalue weighted by Crippen LogP contribution is 2.25. The van der Waals surface area contributed by atoms with Crippen LogP contribution in [0.5, 0.6) is 5.75 Å². The van der Waals surface area contributed by atoms with Gasteiger partial charge in [0.25, 0.3) is 0 Å². The van der Waals surface area contributed by atoms with E-state index >= 15 is 0 Å². The van der Waals surface area contributed by atoms with Crippen molar-refractivity contribution in [2.75, 3.05) is 26.9 Å². The summed E-state index contributed by atoms with van der Waals surface area (Å²) in [4.78, 5) is 0. The number of ether oxygens (including phenoxy) is 2. The van der Waals surface area contributed by atoms with Crippen molar-refractivity contribution < 1.29 is 9.47 Å². The van der Waals surface area contributed by atoms with Gasteiger partial charge in [0.15, 0.2) is 0 Å². The maximum absolute atomic E-state index is 5.57. The molecular formula is C16H27NO2. The van der Waals surface area contributed by atoms with Gasteiger partial charge in [-0.05, 0) is 43.5 Å². The molecule has 0 bridgehead atoms. The zero-order valence-corrected chi connectivity index (χ0v) is 12.6. The SMILES string of the molecule is CCNC(CC(C)COC)c1cccc(OCC)c1. The summed E-state index contributed by atoms with van der Waals surface area (Å²) in [6.45, 7) is 8.83. The Morgan fingerprint density at radius 2 is 2.05 bits per heavy atom. The highest BCUT2D eigenvalue weighted by molar-refractivity contribution is 5.30. The van der Waals surface area contributed by atoms with Gasteiger partial charge in [0.1, 0.15) is 5.75 Å². The Hall–Kier alpha value is -1.06. The van der Waals surface area contributed by atoms with Crippen molar-refractivity contribution in [1.29, 1.82) is 0 Å². The first-order chi connectivity index (χ1) is 9.21. The van der Waals surface area contributed by atoms with E-state index in [-0.39, 0.29) is 0 Å². The third-order valence-electron chi connectivity index (χ3n) is 3.11. The number of rotatable bonds is 9. The molecule has 0 heterocycles. The maximum atomic E-state index is 5.57. The van der Waals surface area contributed by atoms with Crippen molar-refractivity contribution in [2.45, 2.75) is 33.2 Å². The van der Waals surface area contributed by atoms with E-state index in [4.69, 9.17) is 9.47 Å². The Morgan fingerprint density at radius 1 is 1.26 bits per heavy atom. The second-order valence-electron chi connectivity index (χ2n) is 4.91. The smallest absolute Gasteiger partial charge is 0.119 e. The lowest BCUT2D eigenvalue weighted by atomic mass is 9.96. The molecule has 3 nitrogen and oxygen atoms in total. The molecule has 0 aromatic heterocycles. The monoisotopic (exact) mass is 265 g/mol. The van der Waals surface area contributed by atoms with Crippen molar-refractivity contribution in [3.63, 3.8) is 0 Å². The molecule has 0 amide bonds. The quantitative estimate of drug-likeness (QED) is 0.742. The molecule has 0 radical (unpaired) electrons. The van der Waals surface area contributed by atoms with Crippen molar-refractivity contribution in [3.05, 3.63) is 29.8 Å². The Kier molecular flexibility index (Phi) is 7.53. The molecule has 1 aromatic carbocycles. The summed E-state index contributed by atoms with van der Waals surface area (Å²) in [5, 5.41) is 3.55. The van der Waals surface area contributed by atoms with Gasteiger partial charge in [-0.15, -0.1) is 0 Å². The van der Waals surface area contributed by atoms with E-state index in [1.807, 2.05) is 13.0 Å². The van der Waals surface area contributed by atoms with Gasteiger partial charge >= 0.3 is 0 Å². The lowest BCUT2D eigenvalue weighted by Gasteiger charge is -2.22. The summed E-state index contributed by atoms with van der Waals surface area (Å²) in [5.41, 5.74) is 1.29. The zero-order chi connectivity index (χ0) is 14.1. The molecule has 1 N–H and O–H groups in total. The van der Waals surface area contributed by atoms with Gasteiger partial charge in [0.05, 0.1) is 6.61 Å². The number of nitrogens with one attached hydrogen (secondary N) is 1. The van der Waals surface area contributed by atoms with Crippen LogP contribution in [0, 0.1) is 5.92 Å². The minimum Gasteiger partial charge on any atom is -0.494 e. The molecule has 2 unspecified atom stereocenters. The Bertz CT molecular complexity index is 354. The average Bonchev–Trinajstić information content (AvgIpc) is 2.39. The summed E-state index contributed by atoms with van der Waals surface area (Å²) in [5.74, 6) is 1.48. The average molecular weight is 265 g/mol. The molecule has 0 aliphatic carbocycles. The highest BCUT2D eigenvalue weighted by atomic mass is 16.5.